The van der Waals surface area contributed by atoms with E-state index in [0.29, 0.717) is 0 Å². The van der Waals surface area contributed by atoms with Crippen LogP contribution in [0.1, 0.15) is 22.3 Å². The zero-order valence-electron chi connectivity index (χ0n) is 41.6. The first-order valence-electron chi connectivity index (χ1n) is 26.2. The van der Waals surface area contributed by atoms with Crippen LogP contribution in [-0.2, 0) is 0 Å². The van der Waals surface area contributed by atoms with Crippen LogP contribution in [0.4, 0.5) is 0 Å². The minimum Gasteiger partial charge on any atom is -0.0622 e. The summed E-state index contributed by atoms with van der Waals surface area (Å²) in [4.78, 5) is 0. The molecule has 74 heavy (non-hydrogen) atoms. The Morgan fingerprint density at radius 1 is 0.189 bits per heavy atom. The first-order valence-corrected chi connectivity index (χ1v) is 26.2. The standard InChI is InChI=1S/C74H46/c1-39-58-37-60(45-21-13-7-14-22-45)61(46-23-15-8-16-24-46)38-59(58)40(2)65-53-30-32-57-69-42(4)67-55-28-26-51-63-36-48(44-19-11-6-12-20-44)34-49-33-47(43-17-9-5-10-18-43)35-62(70(49)63)50-25-27-54(72(55)71(50)51)66(67)41(3)68(69)56-31-29-52(64(39)65)73(53)74(56)57/h5-38H,1-4H3. The SMILES string of the molecule is Cc1c2c(c(C)c3cc(-c4ccccc4)c(-c4ccccc4)cc13)-c1ccc3c4c(C)c5c6ccc7c8cc(-c9ccccc9)cc9cc(-c%10ccccc%10)cc(c%10ccc(c5c(C)c4c4ccc-2c1c43)c6c%107)c98. The van der Waals surface area contributed by atoms with Gasteiger partial charge < -0.3 is 0 Å². The zero-order valence-corrected chi connectivity index (χ0v) is 41.6. The number of benzene rings is 14. The maximum atomic E-state index is 2.48. The Kier molecular flexibility index (Phi) is 7.83. The highest BCUT2D eigenvalue weighted by Gasteiger charge is 2.32. The predicted molar refractivity (Wildman–Crippen MR) is 320 cm³/mol. The van der Waals surface area contributed by atoms with Crippen LogP contribution in [0.3, 0.4) is 0 Å². The van der Waals surface area contributed by atoms with Gasteiger partial charge in [0.05, 0.1) is 0 Å². The molecule has 0 unspecified atom stereocenters. The van der Waals surface area contributed by atoms with Crippen molar-refractivity contribution in [3.63, 3.8) is 0 Å². The maximum absolute atomic E-state index is 2.48. The number of hydrogen-bond donors (Lipinski definition) is 0. The summed E-state index contributed by atoms with van der Waals surface area (Å²) in [6.45, 7) is 9.57. The van der Waals surface area contributed by atoms with E-state index in [2.05, 4.69) is 234 Å². The van der Waals surface area contributed by atoms with E-state index >= 15 is 0 Å². The van der Waals surface area contributed by atoms with Crippen molar-refractivity contribution >= 4 is 108 Å². The highest BCUT2D eigenvalue weighted by atomic mass is 14.3. The monoisotopic (exact) mass is 934 g/mol. The average molecular weight is 935 g/mol. The Labute approximate surface area is 428 Å². The van der Waals surface area contributed by atoms with Crippen LogP contribution >= 0.6 is 0 Å². The van der Waals surface area contributed by atoms with Gasteiger partial charge in [-0.3, -0.25) is 0 Å². The molecule has 0 heteroatoms. The molecule has 0 amide bonds. The van der Waals surface area contributed by atoms with Crippen LogP contribution in [0.5, 0.6) is 0 Å². The van der Waals surface area contributed by atoms with Crippen LogP contribution < -0.4 is 0 Å². The van der Waals surface area contributed by atoms with Crippen molar-refractivity contribution in [2.75, 3.05) is 0 Å². The van der Waals surface area contributed by atoms with Crippen LogP contribution in [0.2, 0.25) is 0 Å². The molecular formula is C74H46. The molecule has 1 aliphatic carbocycles. The van der Waals surface area contributed by atoms with Crippen molar-refractivity contribution in [3.8, 4) is 66.8 Å². The van der Waals surface area contributed by atoms with Crippen molar-refractivity contribution < 1.29 is 0 Å². The number of fused-ring (bicyclic) bond motifs is 12. The molecule has 0 fully saturated rings. The lowest BCUT2D eigenvalue weighted by atomic mass is 9.84. The lowest BCUT2D eigenvalue weighted by molar-refractivity contribution is 1.47. The van der Waals surface area contributed by atoms with Gasteiger partial charge in [-0.2, -0.15) is 0 Å². The number of rotatable bonds is 4. The molecule has 0 saturated heterocycles. The molecule has 342 valence electrons. The second-order valence-corrected chi connectivity index (χ2v) is 21.4. The molecule has 0 bridgehead atoms. The van der Waals surface area contributed by atoms with Gasteiger partial charge in [-0.1, -0.05) is 170 Å². The van der Waals surface area contributed by atoms with Gasteiger partial charge in [-0.15, -0.1) is 0 Å². The minimum atomic E-state index is 1.24. The highest BCUT2D eigenvalue weighted by Crippen LogP contribution is 2.59. The summed E-state index contributed by atoms with van der Waals surface area (Å²) < 4.78 is 0. The van der Waals surface area contributed by atoms with E-state index in [1.165, 1.54) is 197 Å². The molecule has 17 rings (SSSR count). The van der Waals surface area contributed by atoms with Gasteiger partial charge in [0.1, 0.15) is 0 Å². The summed E-state index contributed by atoms with van der Waals surface area (Å²) in [5.74, 6) is 0. The molecular weight excluding hydrogens is 889 g/mol. The summed E-state index contributed by atoms with van der Waals surface area (Å²) in [6.07, 6.45) is 0. The number of aryl methyl sites for hydroxylation is 4. The molecule has 16 aromatic rings. The topological polar surface area (TPSA) is 0 Å². The molecule has 0 saturated carbocycles. The molecule has 0 nitrogen and oxygen atoms in total. The van der Waals surface area contributed by atoms with Crippen molar-refractivity contribution in [2.45, 2.75) is 27.7 Å². The van der Waals surface area contributed by atoms with Crippen molar-refractivity contribution in [3.05, 3.63) is 229 Å². The van der Waals surface area contributed by atoms with Gasteiger partial charge in [0.2, 0.25) is 0 Å². The summed E-state index contributed by atoms with van der Waals surface area (Å²) in [5, 5.41) is 27.3. The summed E-state index contributed by atoms with van der Waals surface area (Å²) in [6, 6.07) is 78.1. The maximum Gasteiger partial charge on any atom is -0.00137 e. The molecule has 16 aromatic carbocycles. The average Bonchev–Trinajstić information content (AvgIpc) is 4.14. The molecule has 0 aromatic heterocycles. The fourth-order valence-electron chi connectivity index (χ4n) is 14.8. The smallest absolute Gasteiger partial charge is 0.00137 e. The lowest BCUT2D eigenvalue weighted by Gasteiger charge is -2.19. The largest absolute Gasteiger partial charge is 0.0622 e. The predicted octanol–water partition coefficient (Wildman–Crippen LogP) is 21.1. The molecule has 0 N–H and O–H groups in total. The van der Waals surface area contributed by atoms with E-state index < -0.39 is 0 Å². The zero-order chi connectivity index (χ0) is 48.8. The van der Waals surface area contributed by atoms with Crippen LogP contribution in [0.15, 0.2) is 206 Å². The van der Waals surface area contributed by atoms with E-state index in [-0.39, 0.29) is 0 Å². The Morgan fingerprint density at radius 2 is 0.527 bits per heavy atom. The van der Waals surface area contributed by atoms with Crippen LogP contribution in [0.25, 0.3) is 174 Å². The molecule has 0 radical (unpaired) electrons. The minimum absolute atomic E-state index is 1.24. The third kappa shape index (κ3) is 5.03. The third-order valence-electron chi connectivity index (χ3n) is 17.9. The highest BCUT2D eigenvalue weighted by molar-refractivity contribution is 6.46. The van der Waals surface area contributed by atoms with Gasteiger partial charge in [0.25, 0.3) is 0 Å². The number of hydrogen-bond acceptors (Lipinski definition) is 0. The second kappa shape index (κ2) is 14.3. The van der Waals surface area contributed by atoms with Gasteiger partial charge in [0.15, 0.2) is 0 Å². The van der Waals surface area contributed by atoms with Gasteiger partial charge in [-0.05, 0) is 261 Å². The van der Waals surface area contributed by atoms with E-state index in [1.807, 2.05) is 0 Å². The first kappa shape index (κ1) is 40.5. The third-order valence-corrected chi connectivity index (χ3v) is 17.9. The Bertz CT molecular complexity index is 4790. The van der Waals surface area contributed by atoms with Gasteiger partial charge in [-0.25, -0.2) is 0 Å². The Morgan fingerprint density at radius 3 is 0.932 bits per heavy atom. The van der Waals surface area contributed by atoms with Crippen molar-refractivity contribution in [2.24, 2.45) is 0 Å². The first-order chi connectivity index (χ1) is 36.4. The second-order valence-electron chi connectivity index (χ2n) is 21.4. The van der Waals surface area contributed by atoms with Gasteiger partial charge >= 0.3 is 0 Å². The lowest BCUT2D eigenvalue weighted by Crippen LogP contribution is -1.94. The Balaban J connectivity index is 0.938. The van der Waals surface area contributed by atoms with E-state index in [1.54, 1.807) is 0 Å². The van der Waals surface area contributed by atoms with Crippen LogP contribution in [0, 0.1) is 27.7 Å². The van der Waals surface area contributed by atoms with Crippen LogP contribution in [-0.4, -0.2) is 0 Å². The fraction of sp³-hybridized carbons (Fsp3) is 0.0541. The summed E-state index contributed by atoms with van der Waals surface area (Å²) in [7, 11) is 0. The molecule has 0 heterocycles. The molecule has 0 spiro atoms. The fourth-order valence-corrected chi connectivity index (χ4v) is 14.8. The molecule has 0 atom stereocenters. The van der Waals surface area contributed by atoms with Crippen molar-refractivity contribution in [1.82, 2.24) is 0 Å². The van der Waals surface area contributed by atoms with E-state index in [4.69, 9.17) is 0 Å². The Hall–Kier alpha value is -9.10. The van der Waals surface area contributed by atoms with Crippen molar-refractivity contribution in [1.29, 1.82) is 0 Å². The van der Waals surface area contributed by atoms with Gasteiger partial charge in [0, 0.05) is 0 Å². The van der Waals surface area contributed by atoms with E-state index in [9.17, 15) is 0 Å². The molecule has 1 aliphatic rings. The molecule has 0 aliphatic heterocycles. The van der Waals surface area contributed by atoms with E-state index in [0.717, 1.165) is 0 Å². The normalized spacial score (nSPS) is 12.6. The summed E-state index contributed by atoms with van der Waals surface area (Å²) >= 11 is 0. The quantitative estimate of drug-likeness (QED) is 0.122. The summed E-state index contributed by atoms with van der Waals surface area (Å²) in [5.41, 5.74) is 21.0.